The first-order valence-electron chi connectivity index (χ1n) is 12.3. The largest absolute Gasteiger partial charge is 0.502 e. The van der Waals surface area contributed by atoms with Crippen LogP contribution in [0.4, 0.5) is 0 Å². The van der Waals surface area contributed by atoms with E-state index in [4.69, 9.17) is 13.9 Å². The second kappa shape index (κ2) is 8.65. The Morgan fingerprint density at radius 3 is 2.27 bits per heavy atom. The molecule has 0 atom stereocenters. The van der Waals surface area contributed by atoms with E-state index in [0.29, 0.717) is 33.1 Å². The van der Waals surface area contributed by atoms with Crippen LogP contribution < -0.4 is 20.5 Å². The van der Waals surface area contributed by atoms with Crippen molar-refractivity contribution in [3.8, 4) is 34.1 Å². The average Bonchev–Trinajstić information content (AvgIpc) is 3.29. The highest BCUT2D eigenvalue weighted by Gasteiger charge is 2.27. The van der Waals surface area contributed by atoms with Gasteiger partial charge in [0, 0.05) is 10.9 Å². The van der Waals surface area contributed by atoms with Crippen LogP contribution in [-0.4, -0.2) is 39.2 Å². The van der Waals surface area contributed by atoms with Crippen LogP contribution in [0.15, 0.2) is 38.3 Å². The van der Waals surface area contributed by atoms with Crippen molar-refractivity contribution in [2.24, 2.45) is 0 Å². The summed E-state index contributed by atoms with van der Waals surface area (Å²) in [5.41, 5.74) is 1.47. The van der Waals surface area contributed by atoms with E-state index in [2.05, 4.69) is 10.1 Å². The van der Waals surface area contributed by atoms with Gasteiger partial charge in [0.15, 0.2) is 22.7 Å². The molecule has 1 aliphatic rings. The van der Waals surface area contributed by atoms with Gasteiger partial charge in [-0.25, -0.2) is 0 Å². The number of aromatic hydroxyl groups is 2. The van der Waals surface area contributed by atoms with E-state index in [-0.39, 0.29) is 40.0 Å². The van der Waals surface area contributed by atoms with Gasteiger partial charge in [0.25, 0.3) is 5.56 Å². The molecule has 0 aliphatic heterocycles. The first kappa shape index (κ1) is 23.1. The fourth-order valence-electron chi connectivity index (χ4n) is 5.57. The predicted octanol–water partition coefficient (Wildman–Crippen LogP) is 4.91. The molecule has 1 saturated carbocycles. The van der Waals surface area contributed by atoms with Gasteiger partial charge in [-0.2, -0.15) is 0 Å². The smallest absolute Gasteiger partial charge is 0.274 e. The zero-order chi connectivity index (χ0) is 25.8. The number of hydrogen-bond acceptors (Lipinski definition) is 7. The van der Waals surface area contributed by atoms with Crippen molar-refractivity contribution in [1.82, 2.24) is 14.8 Å². The highest BCUT2D eigenvalue weighted by Crippen LogP contribution is 2.45. The summed E-state index contributed by atoms with van der Waals surface area (Å²) < 4.78 is 18.7. The first-order chi connectivity index (χ1) is 17.9. The van der Waals surface area contributed by atoms with Crippen molar-refractivity contribution >= 4 is 33.1 Å². The standard InChI is InChI=1S/C27H27N3O7/c1-35-17-11-13(12-18(36-2)23(17)33)19-20-26(30(29-27(20)34)14-7-5-3-4-6-8-14)28-21-15-9-10-16(31)22(32)24(15)37-25(19)21/h9-12,14,28,32-33H,3-8H2,1-2H3,(H,29,34). The molecule has 37 heavy (non-hydrogen) atoms. The summed E-state index contributed by atoms with van der Waals surface area (Å²) in [6, 6.07) is 6.18. The molecule has 0 bridgehead atoms. The maximum atomic E-state index is 13.5. The van der Waals surface area contributed by atoms with Gasteiger partial charge in [0.05, 0.1) is 31.2 Å². The summed E-state index contributed by atoms with van der Waals surface area (Å²) in [4.78, 5) is 29.1. The Balaban J connectivity index is 1.78. The van der Waals surface area contributed by atoms with Crippen LogP contribution in [0.25, 0.3) is 44.2 Å². The summed E-state index contributed by atoms with van der Waals surface area (Å²) in [5.74, 6) is -0.362. The Labute approximate surface area is 210 Å². The van der Waals surface area contributed by atoms with Gasteiger partial charge < -0.3 is 29.1 Å². The van der Waals surface area contributed by atoms with E-state index in [1.807, 2.05) is 4.68 Å². The Morgan fingerprint density at radius 2 is 1.62 bits per heavy atom. The Kier molecular flexibility index (Phi) is 5.40. The molecule has 192 valence electrons. The Morgan fingerprint density at radius 1 is 0.946 bits per heavy atom. The third-order valence-corrected chi connectivity index (χ3v) is 7.40. The van der Waals surface area contributed by atoms with Gasteiger partial charge in [-0.1, -0.05) is 25.7 Å². The number of phenolic OH excluding ortho intramolecular Hbond substituents is 2. The number of aromatic nitrogens is 3. The number of benzene rings is 2. The summed E-state index contributed by atoms with van der Waals surface area (Å²) in [5, 5.41) is 24.9. The van der Waals surface area contributed by atoms with Gasteiger partial charge in [-0.05, 0) is 42.7 Å². The van der Waals surface area contributed by atoms with Gasteiger partial charge in [0.2, 0.25) is 16.9 Å². The molecule has 0 spiro atoms. The van der Waals surface area contributed by atoms with Crippen molar-refractivity contribution in [3.63, 3.8) is 0 Å². The summed E-state index contributed by atoms with van der Waals surface area (Å²) in [7, 11) is 2.85. The van der Waals surface area contributed by atoms with E-state index in [1.54, 1.807) is 18.2 Å². The highest BCUT2D eigenvalue weighted by molar-refractivity contribution is 6.15. The lowest BCUT2D eigenvalue weighted by atomic mass is 10.0. The number of pyridine rings is 1. The van der Waals surface area contributed by atoms with Crippen LogP contribution in [0, 0.1) is 0 Å². The maximum Gasteiger partial charge on any atom is 0.274 e. The number of aromatic amines is 2. The lowest BCUT2D eigenvalue weighted by molar-refractivity contribution is 0.340. The fraction of sp³-hybridized carbons (Fsp3) is 0.333. The number of ether oxygens (including phenoxy) is 2. The zero-order valence-corrected chi connectivity index (χ0v) is 20.5. The quantitative estimate of drug-likeness (QED) is 0.254. The molecule has 4 N–H and O–H groups in total. The summed E-state index contributed by atoms with van der Waals surface area (Å²) >= 11 is 0. The molecule has 0 amide bonds. The fourth-order valence-corrected chi connectivity index (χ4v) is 5.57. The van der Waals surface area contributed by atoms with E-state index in [9.17, 15) is 19.8 Å². The number of nitrogens with one attached hydrogen (secondary N) is 2. The van der Waals surface area contributed by atoms with Crippen molar-refractivity contribution in [2.45, 2.75) is 44.6 Å². The van der Waals surface area contributed by atoms with Crippen molar-refractivity contribution < 1.29 is 24.1 Å². The van der Waals surface area contributed by atoms with Gasteiger partial charge in [-0.15, -0.1) is 0 Å². The van der Waals surface area contributed by atoms with E-state index in [0.717, 1.165) is 38.5 Å². The second-order valence-electron chi connectivity index (χ2n) is 9.50. The number of hydrogen-bond donors (Lipinski definition) is 4. The molecule has 2 aromatic carbocycles. The summed E-state index contributed by atoms with van der Waals surface area (Å²) in [6.45, 7) is 0. The molecule has 1 fully saturated rings. The molecule has 0 saturated heterocycles. The molecule has 0 radical (unpaired) electrons. The minimum atomic E-state index is -0.563. The van der Waals surface area contributed by atoms with E-state index < -0.39 is 11.2 Å². The molecular weight excluding hydrogens is 478 g/mol. The van der Waals surface area contributed by atoms with Gasteiger partial charge in [0.1, 0.15) is 5.65 Å². The number of phenols is 2. The minimum Gasteiger partial charge on any atom is -0.502 e. The molecule has 3 heterocycles. The molecule has 3 aromatic heterocycles. The zero-order valence-electron chi connectivity index (χ0n) is 20.5. The van der Waals surface area contributed by atoms with Gasteiger partial charge >= 0.3 is 0 Å². The minimum absolute atomic E-state index is 0.0304. The normalized spacial score (nSPS) is 15.0. The van der Waals surface area contributed by atoms with E-state index >= 15 is 0 Å². The van der Waals surface area contributed by atoms with Crippen LogP contribution in [0.1, 0.15) is 44.6 Å². The topological polar surface area (TPSA) is 143 Å². The average molecular weight is 506 g/mol. The highest BCUT2D eigenvalue weighted by atomic mass is 16.5. The lowest BCUT2D eigenvalue weighted by Crippen LogP contribution is -2.13. The molecule has 10 heteroatoms. The Bertz CT molecular complexity index is 1760. The summed E-state index contributed by atoms with van der Waals surface area (Å²) in [6.07, 6.45) is 6.35. The van der Waals surface area contributed by atoms with Gasteiger partial charge in [-0.3, -0.25) is 19.4 Å². The number of rotatable bonds is 4. The number of H-pyrrole nitrogens is 2. The van der Waals surface area contributed by atoms with Crippen molar-refractivity contribution in [3.05, 3.63) is 44.8 Å². The van der Waals surface area contributed by atoms with Crippen molar-refractivity contribution in [1.29, 1.82) is 0 Å². The lowest BCUT2D eigenvalue weighted by Gasteiger charge is -2.17. The second-order valence-corrected chi connectivity index (χ2v) is 9.50. The molecular formula is C27H27N3O7. The number of nitrogens with zero attached hydrogens (tertiary/aromatic N) is 1. The van der Waals surface area contributed by atoms with Crippen LogP contribution in [0.3, 0.4) is 0 Å². The maximum absolute atomic E-state index is 13.5. The molecule has 10 nitrogen and oxygen atoms in total. The molecule has 1 aliphatic carbocycles. The van der Waals surface area contributed by atoms with Crippen LogP contribution in [0.2, 0.25) is 0 Å². The molecule has 6 rings (SSSR count). The van der Waals surface area contributed by atoms with Crippen LogP contribution in [-0.2, 0) is 0 Å². The third kappa shape index (κ3) is 3.46. The van der Waals surface area contributed by atoms with Crippen LogP contribution >= 0.6 is 0 Å². The SMILES string of the molecule is COc1cc(-c2c3oc4c(O)c(=O)ccc4c3[nH]c3c2c(=O)[nH]n3C2CCCCCC2)cc(OC)c1O. The van der Waals surface area contributed by atoms with Crippen LogP contribution in [0.5, 0.6) is 23.0 Å². The third-order valence-electron chi connectivity index (χ3n) is 7.40. The Hall–Kier alpha value is -4.34. The predicted molar refractivity (Wildman–Crippen MR) is 139 cm³/mol. The first-order valence-corrected chi connectivity index (χ1v) is 12.3. The number of methoxy groups -OCH3 is 2. The molecule has 0 unspecified atom stereocenters. The number of furan rings is 1. The van der Waals surface area contributed by atoms with E-state index in [1.165, 1.54) is 20.3 Å². The number of fused-ring (bicyclic) bond motifs is 4. The van der Waals surface area contributed by atoms with Crippen molar-refractivity contribution in [2.75, 3.05) is 14.2 Å². The molecule has 5 aromatic rings. The monoisotopic (exact) mass is 505 g/mol.